The number of sulfonamides is 1. The first-order valence-corrected chi connectivity index (χ1v) is 11.2. The van der Waals surface area contributed by atoms with E-state index in [2.05, 4.69) is 44.5 Å². The number of nitrogens with one attached hydrogen (secondary N) is 2. The summed E-state index contributed by atoms with van der Waals surface area (Å²) in [7, 11) is -3.45. The molecule has 0 aliphatic carbocycles. The highest BCUT2D eigenvalue weighted by Gasteiger charge is 2.16. The second kappa shape index (κ2) is 8.26. The topological polar surface area (TPSA) is 84.0 Å². The van der Waals surface area contributed by atoms with Crippen molar-refractivity contribution in [2.45, 2.75) is 30.5 Å². The van der Waals surface area contributed by atoms with E-state index in [4.69, 9.17) is 0 Å². The number of anilines is 1. The fourth-order valence-electron chi connectivity index (χ4n) is 2.37. The number of aryl methyl sites for hydroxylation is 1. The average molecular weight is 409 g/mol. The zero-order valence-electron chi connectivity index (χ0n) is 14.5. The van der Waals surface area contributed by atoms with Crippen LogP contribution in [0.4, 0.5) is 5.13 Å². The summed E-state index contributed by atoms with van der Waals surface area (Å²) in [5.74, 6) is 0.759. The smallest absolute Gasteiger partial charge is 0.250 e. The number of aromatic nitrogens is 2. The Kier molecular flexibility index (Phi) is 6.02. The molecule has 6 nitrogen and oxygen atoms in total. The third kappa shape index (κ3) is 5.10. The maximum Gasteiger partial charge on any atom is 0.250 e. The SMILES string of the molecule is Cc1cccc(Cc2nsc(NC(C)CNS(=O)(=O)c3cccs3)n2)c1. The lowest BCUT2D eigenvalue weighted by Gasteiger charge is -2.13. The Hall–Kier alpha value is -1.81. The van der Waals surface area contributed by atoms with Crippen LogP contribution < -0.4 is 10.0 Å². The second-order valence-corrected chi connectivity index (χ2v) is 9.70. The molecule has 138 valence electrons. The van der Waals surface area contributed by atoms with Gasteiger partial charge in [-0.3, -0.25) is 0 Å². The predicted octanol–water partition coefficient (Wildman–Crippen LogP) is 3.28. The molecule has 0 aliphatic heterocycles. The lowest BCUT2D eigenvalue weighted by molar-refractivity contribution is 0.579. The number of benzene rings is 1. The largest absolute Gasteiger partial charge is 0.357 e. The lowest BCUT2D eigenvalue weighted by Crippen LogP contribution is -2.34. The molecular weight excluding hydrogens is 388 g/mol. The van der Waals surface area contributed by atoms with E-state index in [0.29, 0.717) is 15.8 Å². The number of hydrogen-bond donors (Lipinski definition) is 2. The van der Waals surface area contributed by atoms with Crippen molar-refractivity contribution in [1.29, 1.82) is 0 Å². The van der Waals surface area contributed by atoms with E-state index in [9.17, 15) is 8.42 Å². The van der Waals surface area contributed by atoms with E-state index < -0.39 is 10.0 Å². The molecule has 0 saturated heterocycles. The van der Waals surface area contributed by atoms with Gasteiger partial charge in [0.05, 0.1) is 0 Å². The van der Waals surface area contributed by atoms with Crippen LogP contribution in [0.5, 0.6) is 0 Å². The van der Waals surface area contributed by atoms with Crippen LogP contribution in [0.2, 0.25) is 0 Å². The molecule has 1 unspecified atom stereocenters. The maximum absolute atomic E-state index is 12.1. The molecule has 0 spiro atoms. The zero-order valence-corrected chi connectivity index (χ0v) is 16.9. The minimum absolute atomic E-state index is 0.107. The molecule has 3 aromatic rings. The molecule has 26 heavy (non-hydrogen) atoms. The van der Waals surface area contributed by atoms with E-state index in [1.165, 1.54) is 34.0 Å². The summed E-state index contributed by atoms with van der Waals surface area (Å²) < 4.78 is 31.6. The Morgan fingerprint density at radius 2 is 2.08 bits per heavy atom. The fraction of sp³-hybridized carbons (Fsp3) is 0.294. The van der Waals surface area contributed by atoms with Gasteiger partial charge in [0.2, 0.25) is 15.2 Å². The van der Waals surface area contributed by atoms with E-state index >= 15 is 0 Å². The highest BCUT2D eigenvalue weighted by Crippen LogP contribution is 2.17. The van der Waals surface area contributed by atoms with Crippen LogP contribution in [0.15, 0.2) is 46.0 Å². The standard InChI is InChI=1S/C17H20N4O2S3/c1-12-5-3-6-14(9-12)10-15-20-17(25-21-15)19-13(2)11-18-26(22,23)16-7-4-8-24-16/h3-9,13,18H,10-11H2,1-2H3,(H,19,20,21). The van der Waals surface area contributed by atoms with Gasteiger partial charge in [-0.05, 0) is 30.9 Å². The summed E-state index contributed by atoms with van der Waals surface area (Å²) in [6.07, 6.45) is 0.680. The lowest BCUT2D eigenvalue weighted by atomic mass is 10.1. The number of thiophene rings is 1. The first-order chi connectivity index (χ1) is 12.4. The van der Waals surface area contributed by atoms with Crippen molar-refractivity contribution in [3.05, 3.63) is 58.7 Å². The van der Waals surface area contributed by atoms with Crippen molar-refractivity contribution in [1.82, 2.24) is 14.1 Å². The van der Waals surface area contributed by atoms with E-state index in [-0.39, 0.29) is 12.6 Å². The van der Waals surface area contributed by atoms with Gasteiger partial charge in [-0.1, -0.05) is 35.9 Å². The molecule has 2 N–H and O–H groups in total. The molecule has 0 bridgehead atoms. The minimum Gasteiger partial charge on any atom is -0.357 e. The van der Waals surface area contributed by atoms with Gasteiger partial charge in [-0.25, -0.2) is 18.1 Å². The van der Waals surface area contributed by atoms with Crippen LogP contribution in [0.1, 0.15) is 23.9 Å². The molecule has 0 amide bonds. The molecule has 2 aromatic heterocycles. The molecule has 9 heteroatoms. The highest BCUT2D eigenvalue weighted by molar-refractivity contribution is 7.91. The van der Waals surface area contributed by atoms with Crippen molar-refractivity contribution in [2.24, 2.45) is 0 Å². The number of nitrogens with zero attached hydrogens (tertiary/aromatic N) is 2. The molecule has 1 aromatic carbocycles. The van der Waals surface area contributed by atoms with Gasteiger partial charge >= 0.3 is 0 Å². The average Bonchev–Trinajstić information content (AvgIpc) is 3.26. The van der Waals surface area contributed by atoms with Gasteiger partial charge < -0.3 is 5.32 Å². The molecule has 3 rings (SSSR count). The Morgan fingerprint density at radius 1 is 1.23 bits per heavy atom. The molecule has 0 fully saturated rings. The minimum atomic E-state index is -3.45. The summed E-state index contributed by atoms with van der Waals surface area (Å²) in [5, 5.41) is 5.63. The highest BCUT2D eigenvalue weighted by atomic mass is 32.2. The van der Waals surface area contributed by atoms with Crippen molar-refractivity contribution in [3.63, 3.8) is 0 Å². The summed E-state index contributed by atoms with van der Waals surface area (Å²) in [6.45, 7) is 4.23. The van der Waals surface area contributed by atoms with Gasteiger partial charge in [-0.15, -0.1) is 11.3 Å². The van der Waals surface area contributed by atoms with Gasteiger partial charge in [0.15, 0.2) is 0 Å². The Balaban J connectivity index is 1.53. The van der Waals surface area contributed by atoms with Crippen LogP contribution in [0.3, 0.4) is 0 Å². The molecule has 1 atom stereocenters. The summed E-state index contributed by atoms with van der Waals surface area (Å²) in [5.41, 5.74) is 2.38. The van der Waals surface area contributed by atoms with Crippen LogP contribution in [-0.4, -0.2) is 30.4 Å². The third-order valence-corrected chi connectivity index (χ3v) is 7.13. The van der Waals surface area contributed by atoms with Crippen LogP contribution in [0.25, 0.3) is 0 Å². The van der Waals surface area contributed by atoms with Gasteiger partial charge in [-0.2, -0.15) is 4.37 Å². The number of hydrogen-bond acceptors (Lipinski definition) is 7. The van der Waals surface area contributed by atoms with Crippen molar-refractivity contribution in [2.75, 3.05) is 11.9 Å². The quantitative estimate of drug-likeness (QED) is 0.598. The van der Waals surface area contributed by atoms with Crippen molar-refractivity contribution in [3.8, 4) is 0 Å². The molecule has 0 aliphatic rings. The van der Waals surface area contributed by atoms with Crippen LogP contribution in [0, 0.1) is 6.92 Å². The zero-order chi connectivity index (χ0) is 18.6. The summed E-state index contributed by atoms with van der Waals surface area (Å²) >= 11 is 2.48. The first kappa shape index (κ1) is 19.0. The molecule has 0 radical (unpaired) electrons. The summed E-state index contributed by atoms with van der Waals surface area (Å²) in [6, 6.07) is 11.5. The first-order valence-electron chi connectivity index (χ1n) is 8.10. The van der Waals surface area contributed by atoms with Gasteiger partial charge in [0, 0.05) is 30.5 Å². The van der Waals surface area contributed by atoms with Crippen molar-refractivity contribution >= 4 is 38.0 Å². The Bertz CT molecular complexity index is 952. The molecule has 2 heterocycles. The van der Waals surface area contributed by atoms with Crippen LogP contribution >= 0.6 is 22.9 Å². The normalized spacial score (nSPS) is 12.8. The monoisotopic (exact) mass is 408 g/mol. The van der Waals surface area contributed by atoms with E-state index in [1.54, 1.807) is 17.5 Å². The second-order valence-electron chi connectivity index (χ2n) is 6.01. The number of rotatable bonds is 8. The Morgan fingerprint density at radius 3 is 2.81 bits per heavy atom. The summed E-state index contributed by atoms with van der Waals surface area (Å²) in [4.78, 5) is 4.49. The van der Waals surface area contributed by atoms with E-state index in [1.807, 2.05) is 13.0 Å². The van der Waals surface area contributed by atoms with E-state index in [0.717, 1.165) is 5.82 Å². The van der Waals surface area contributed by atoms with Crippen LogP contribution in [-0.2, 0) is 16.4 Å². The fourth-order valence-corrected chi connectivity index (χ4v) is 5.24. The van der Waals surface area contributed by atoms with Crippen molar-refractivity contribution < 1.29 is 8.42 Å². The third-order valence-electron chi connectivity index (χ3n) is 3.62. The van der Waals surface area contributed by atoms with Gasteiger partial charge in [0.25, 0.3) is 0 Å². The molecular formula is C17H20N4O2S3. The predicted molar refractivity (Wildman–Crippen MR) is 106 cm³/mol. The van der Waals surface area contributed by atoms with Gasteiger partial charge in [0.1, 0.15) is 10.0 Å². The maximum atomic E-state index is 12.1. The molecule has 0 saturated carbocycles. The Labute approximate surface area is 161 Å².